The predicted octanol–water partition coefficient (Wildman–Crippen LogP) is 4.19. The van der Waals surface area contributed by atoms with Crippen molar-refractivity contribution in [3.05, 3.63) is 64.9 Å². The summed E-state index contributed by atoms with van der Waals surface area (Å²) in [5.41, 5.74) is 0.248. The van der Waals surface area contributed by atoms with Gasteiger partial charge in [-0.05, 0) is 51.5 Å². The van der Waals surface area contributed by atoms with E-state index in [1.165, 1.54) is 23.1 Å². The third-order valence-corrected chi connectivity index (χ3v) is 4.52. The normalized spacial score (nSPS) is 12.2. The lowest BCUT2D eigenvalue weighted by Gasteiger charge is -2.31. The summed E-state index contributed by atoms with van der Waals surface area (Å²) >= 11 is 6.24. The smallest absolute Gasteiger partial charge is 0.261 e. The average Bonchev–Trinajstić information content (AvgIpc) is 2.64. The maximum absolute atomic E-state index is 13.8. The first kappa shape index (κ1) is 22.7. The number of carbonyl (C=O) groups excluding carboxylic acids is 2. The van der Waals surface area contributed by atoms with Crippen LogP contribution >= 0.6 is 11.6 Å². The Morgan fingerprint density at radius 1 is 1.14 bits per heavy atom. The fraction of sp³-hybridized carbons (Fsp3) is 0.364. The van der Waals surface area contributed by atoms with Crippen molar-refractivity contribution in [3.8, 4) is 5.75 Å². The quantitative estimate of drug-likeness (QED) is 0.730. The molecule has 0 radical (unpaired) electrons. The molecule has 0 aliphatic carbocycles. The van der Waals surface area contributed by atoms with Gasteiger partial charge in [-0.25, -0.2) is 4.39 Å². The van der Waals surface area contributed by atoms with E-state index in [4.69, 9.17) is 16.3 Å². The molecule has 0 aliphatic rings. The first-order valence-electron chi connectivity index (χ1n) is 9.30. The second kappa shape index (κ2) is 9.74. The minimum atomic E-state index is -0.776. The molecular formula is C22H26ClFN2O3. The Morgan fingerprint density at radius 3 is 2.38 bits per heavy atom. The molecule has 2 aromatic carbocycles. The van der Waals surface area contributed by atoms with Crippen LogP contribution in [0.1, 0.15) is 33.3 Å². The molecule has 1 atom stereocenters. The SMILES string of the molecule is CC(C(=O)NC(C)(C)C)N(Cc1ccccc1Cl)C(=O)COc1ccccc1F. The van der Waals surface area contributed by atoms with Gasteiger partial charge in [0.15, 0.2) is 18.2 Å². The van der Waals surface area contributed by atoms with E-state index in [1.54, 1.807) is 37.3 Å². The van der Waals surface area contributed by atoms with Crippen LogP contribution < -0.4 is 10.1 Å². The van der Waals surface area contributed by atoms with E-state index in [0.717, 1.165) is 0 Å². The summed E-state index contributed by atoms with van der Waals surface area (Å²) in [4.78, 5) is 27.0. The van der Waals surface area contributed by atoms with E-state index in [-0.39, 0.29) is 18.2 Å². The van der Waals surface area contributed by atoms with Crippen molar-refractivity contribution in [2.75, 3.05) is 6.61 Å². The molecule has 1 unspecified atom stereocenters. The monoisotopic (exact) mass is 420 g/mol. The van der Waals surface area contributed by atoms with Gasteiger partial charge in [-0.15, -0.1) is 0 Å². The van der Waals surface area contributed by atoms with Gasteiger partial charge in [0.2, 0.25) is 5.91 Å². The Balaban J connectivity index is 2.20. The van der Waals surface area contributed by atoms with E-state index in [0.29, 0.717) is 10.6 Å². The van der Waals surface area contributed by atoms with Gasteiger partial charge < -0.3 is 15.0 Å². The van der Waals surface area contributed by atoms with Crippen molar-refractivity contribution in [2.24, 2.45) is 0 Å². The molecule has 29 heavy (non-hydrogen) atoms. The molecule has 5 nitrogen and oxygen atoms in total. The number of hydrogen-bond donors (Lipinski definition) is 1. The molecular weight excluding hydrogens is 395 g/mol. The Kier molecular flexibility index (Phi) is 7.62. The molecule has 0 aromatic heterocycles. The molecule has 0 saturated heterocycles. The minimum Gasteiger partial charge on any atom is -0.481 e. The molecule has 0 heterocycles. The van der Waals surface area contributed by atoms with Crippen LogP contribution in [0.2, 0.25) is 5.02 Å². The Bertz CT molecular complexity index is 867. The van der Waals surface area contributed by atoms with Crippen molar-refractivity contribution in [3.63, 3.8) is 0 Å². The number of nitrogens with one attached hydrogen (secondary N) is 1. The molecule has 0 saturated carbocycles. The maximum atomic E-state index is 13.8. The molecule has 1 N–H and O–H groups in total. The number of carbonyl (C=O) groups is 2. The van der Waals surface area contributed by atoms with Gasteiger partial charge in [-0.2, -0.15) is 0 Å². The Labute approximate surface area is 175 Å². The number of ether oxygens (including phenoxy) is 1. The van der Waals surface area contributed by atoms with Gasteiger partial charge in [0.25, 0.3) is 5.91 Å². The maximum Gasteiger partial charge on any atom is 0.261 e. The molecule has 2 aromatic rings. The van der Waals surface area contributed by atoms with Crippen molar-refractivity contribution < 1.29 is 18.7 Å². The highest BCUT2D eigenvalue weighted by atomic mass is 35.5. The van der Waals surface area contributed by atoms with Crippen molar-refractivity contribution in [1.82, 2.24) is 10.2 Å². The molecule has 2 rings (SSSR count). The van der Waals surface area contributed by atoms with Gasteiger partial charge in [-0.1, -0.05) is 41.9 Å². The lowest BCUT2D eigenvalue weighted by Crippen LogP contribution is -2.53. The summed E-state index contributed by atoms with van der Waals surface area (Å²) in [7, 11) is 0. The highest BCUT2D eigenvalue weighted by Gasteiger charge is 2.29. The summed E-state index contributed by atoms with van der Waals surface area (Å²) in [6.45, 7) is 6.94. The van der Waals surface area contributed by atoms with Gasteiger partial charge in [0, 0.05) is 17.1 Å². The van der Waals surface area contributed by atoms with E-state index in [9.17, 15) is 14.0 Å². The summed E-state index contributed by atoms with van der Waals surface area (Å²) in [6.07, 6.45) is 0. The summed E-state index contributed by atoms with van der Waals surface area (Å²) in [6, 6.07) is 12.2. The van der Waals surface area contributed by atoms with E-state index in [2.05, 4.69) is 5.32 Å². The number of nitrogens with zero attached hydrogens (tertiary/aromatic N) is 1. The Morgan fingerprint density at radius 2 is 1.76 bits per heavy atom. The molecule has 2 amide bonds. The van der Waals surface area contributed by atoms with E-state index >= 15 is 0 Å². The number of para-hydroxylation sites is 1. The first-order valence-corrected chi connectivity index (χ1v) is 9.68. The van der Waals surface area contributed by atoms with Crippen molar-refractivity contribution >= 4 is 23.4 Å². The van der Waals surface area contributed by atoms with E-state index < -0.39 is 29.9 Å². The number of hydrogen-bond acceptors (Lipinski definition) is 3. The standard InChI is InChI=1S/C22H26ClFN2O3/c1-15(21(28)25-22(2,3)4)26(13-16-9-5-6-10-17(16)23)20(27)14-29-19-12-8-7-11-18(19)24/h5-12,15H,13-14H2,1-4H3,(H,25,28). The minimum absolute atomic E-state index is 0.0228. The van der Waals surface area contributed by atoms with Crippen LogP contribution in [0.15, 0.2) is 48.5 Å². The zero-order valence-corrected chi connectivity index (χ0v) is 17.8. The highest BCUT2D eigenvalue weighted by molar-refractivity contribution is 6.31. The van der Waals surface area contributed by atoms with Crippen LogP contribution in [0.4, 0.5) is 4.39 Å². The molecule has 0 aliphatic heterocycles. The average molecular weight is 421 g/mol. The fourth-order valence-electron chi connectivity index (χ4n) is 2.65. The van der Waals surface area contributed by atoms with Crippen LogP contribution in [-0.2, 0) is 16.1 Å². The molecule has 7 heteroatoms. The molecule has 0 fully saturated rings. The zero-order chi connectivity index (χ0) is 21.6. The van der Waals surface area contributed by atoms with Gasteiger partial charge >= 0.3 is 0 Å². The largest absolute Gasteiger partial charge is 0.481 e. The number of rotatable bonds is 7. The zero-order valence-electron chi connectivity index (χ0n) is 17.0. The number of amides is 2. The van der Waals surface area contributed by atoms with Gasteiger partial charge in [-0.3, -0.25) is 9.59 Å². The summed E-state index contributed by atoms with van der Waals surface area (Å²) < 4.78 is 19.1. The fourth-order valence-corrected chi connectivity index (χ4v) is 2.85. The number of halogens is 2. The van der Waals surface area contributed by atoms with Crippen molar-refractivity contribution in [1.29, 1.82) is 0 Å². The van der Waals surface area contributed by atoms with Crippen LogP contribution in [0, 0.1) is 5.82 Å². The summed E-state index contributed by atoms with van der Waals surface area (Å²) in [5.74, 6) is -1.34. The lowest BCUT2D eigenvalue weighted by atomic mass is 10.1. The first-order chi connectivity index (χ1) is 13.6. The number of benzene rings is 2. The lowest BCUT2D eigenvalue weighted by molar-refractivity contribution is -0.142. The van der Waals surface area contributed by atoms with Gasteiger partial charge in [0.1, 0.15) is 6.04 Å². The second-order valence-electron chi connectivity index (χ2n) is 7.75. The van der Waals surface area contributed by atoms with Crippen LogP contribution in [-0.4, -0.2) is 34.9 Å². The van der Waals surface area contributed by atoms with Crippen LogP contribution in [0.25, 0.3) is 0 Å². The molecule has 0 spiro atoms. The Hall–Kier alpha value is -2.60. The highest BCUT2D eigenvalue weighted by Crippen LogP contribution is 2.20. The third kappa shape index (κ3) is 6.75. The van der Waals surface area contributed by atoms with E-state index in [1.807, 2.05) is 20.8 Å². The predicted molar refractivity (Wildman–Crippen MR) is 111 cm³/mol. The van der Waals surface area contributed by atoms with Crippen LogP contribution in [0.3, 0.4) is 0 Å². The van der Waals surface area contributed by atoms with Crippen LogP contribution in [0.5, 0.6) is 5.75 Å². The summed E-state index contributed by atoms with van der Waals surface area (Å²) in [5, 5.41) is 3.36. The molecule has 0 bridgehead atoms. The van der Waals surface area contributed by atoms with Crippen molar-refractivity contribution in [2.45, 2.75) is 45.8 Å². The second-order valence-corrected chi connectivity index (χ2v) is 8.15. The topological polar surface area (TPSA) is 58.6 Å². The van der Waals surface area contributed by atoms with Gasteiger partial charge in [0.05, 0.1) is 0 Å². The third-order valence-electron chi connectivity index (χ3n) is 4.15. The molecule has 156 valence electrons.